The summed E-state index contributed by atoms with van der Waals surface area (Å²) in [6.07, 6.45) is 32.9. The number of hydrogen-bond donors (Lipinski definition) is 3. The molecular formula is C44H80O10. The summed E-state index contributed by atoms with van der Waals surface area (Å²) in [5, 5.41) is 28.9. The maximum absolute atomic E-state index is 12.8. The van der Waals surface area contributed by atoms with Crippen LogP contribution in [0.15, 0.2) is 0 Å². The van der Waals surface area contributed by atoms with Gasteiger partial charge < -0.3 is 24.8 Å². The van der Waals surface area contributed by atoms with Crippen molar-refractivity contribution in [1.82, 2.24) is 0 Å². The summed E-state index contributed by atoms with van der Waals surface area (Å²) in [7, 11) is 0. The summed E-state index contributed by atoms with van der Waals surface area (Å²) in [5.74, 6) is -9.87. The molecule has 0 aliphatic carbocycles. The molecule has 0 aromatic rings. The molecule has 0 heterocycles. The normalized spacial score (nSPS) is 12.9. The zero-order chi connectivity index (χ0) is 40.1. The minimum atomic E-state index is -1.90. The summed E-state index contributed by atoms with van der Waals surface area (Å²) in [4.78, 5) is 60.9. The van der Waals surface area contributed by atoms with Crippen LogP contribution < -0.4 is 0 Å². The fraction of sp³-hybridized carbons (Fsp3) is 0.886. The number of unbranched alkanes of at least 4 members (excludes halogenated alkanes) is 28. The molecule has 0 radical (unpaired) electrons. The number of carbonyl (C=O) groups is 5. The van der Waals surface area contributed by atoms with Crippen molar-refractivity contribution in [3.05, 3.63) is 0 Å². The van der Waals surface area contributed by atoms with Gasteiger partial charge in [0, 0.05) is 12.8 Å². The lowest BCUT2D eigenvalue weighted by Crippen LogP contribution is -2.44. The Morgan fingerprint density at radius 1 is 0.426 bits per heavy atom. The van der Waals surface area contributed by atoms with E-state index in [-0.39, 0.29) is 12.8 Å². The highest BCUT2D eigenvalue weighted by Gasteiger charge is 2.43. The first-order valence-corrected chi connectivity index (χ1v) is 22.2. The minimum absolute atomic E-state index is 0.00480. The van der Waals surface area contributed by atoms with Crippen LogP contribution in [0.5, 0.6) is 0 Å². The van der Waals surface area contributed by atoms with Crippen LogP contribution in [-0.2, 0) is 33.4 Å². The number of hydrogen-bond acceptors (Lipinski definition) is 7. The van der Waals surface area contributed by atoms with Crippen molar-refractivity contribution in [2.45, 2.75) is 232 Å². The Bertz CT molecular complexity index is 952. The van der Waals surface area contributed by atoms with Crippen molar-refractivity contribution < 1.29 is 48.8 Å². The molecule has 3 N–H and O–H groups in total. The van der Waals surface area contributed by atoms with Crippen molar-refractivity contribution in [2.75, 3.05) is 6.61 Å². The molecule has 0 aliphatic rings. The smallest absolute Gasteiger partial charge is 0.311 e. The van der Waals surface area contributed by atoms with E-state index < -0.39 is 60.8 Å². The molecule has 0 saturated heterocycles. The second-order valence-electron chi connectivity index (χ2n) is 15.5. The molecule has 0 spiro atoms. The molecule has 54 heavy (non-hydrogen) atoms. The summed E-state index contributed by atoms with van der Waals surface area (Å²) in [6, 6.07) is 0. The SMILES string of the molecule is CCCCCCCCCCCCCCCCCC(=O)OCC(OC(=O)CCCCCCCCCCCCCCCCC)C(C(=O)O)C(CC(=O)O)C(=O)O. The molecule has 0 fully saturated rings. The molecule has 0 aliphatic heterocycles. The molecule has 0 bridgehead atoms. The van der Waals surface area contributed by atoms with Crippen LogP contribution >= 0.6 is 0 Å². The van der Waals surface area contributed by atoms with Crippen LogP contribution in [0.1, 0.15) is 226 Å². The van der Waals surface area contributed by atoms with Crippen molar-refractivity contribution in [1.29, 1.82) is 0 Å². The first-order valence-electron chi connectivity index (χ1n) is 22.2. The van der Waals surface area contributed by atoms with E-state index in [9.17, 15) is 39.3 Å². The second-order valence-corrected chi connectivity index (χ2v) is 15.5. The monoisotopic (exact) mass is 769 g/mol. The van der Waals surface area contributed by atoms with Gasteiger partial charge >= 0.3 is 29.8 Å². The number of carbonyl (C=O) groups excluding carboxylic acids is 2. The second kappa shape index (κ2) is 37.3. The maximum atomic E-state index is 12.8. The summed E-state index contributed by atoms with van der Waals surface area (Å²) >= 11 is 0. The van der Waals surface area contributed by atoms with E-state index in [1.54, 1.807) is 0 Å². The van der Waals surface area contributed by atoms with Crippen LogP contribution in [0.3, 0.4) is 0 Å². The Morgan fingerprint density at radius 2 is 0.741 bits per heavy atom. The van der Waals surface area contributed by atoms with Gasteiger partial charge in [-0.15, -0.1) is 0 Å². The highest BCUT2D eigenvalue weighted by molar-refractivity contribution is 5.84. The van der Waals surface area contributed by atoms with Gasteiger partial charge in [0.15, 0.2) is 0 Å². The lowest BCUT2D eigenvalue weighted by molar-refractivity contribution is -0.175. The topological polar surface area (TPSA) is 164 Å². The van der Waals surface area contributed by atoms with E-state index in [0.717, 1.165) is 44.9 Å². The van der Waals surface area contributed by atoms with Crippen LogP contribution in [0.4, 0.5) is 0 Å². The van der Waals surface area contributed by atoms with Gasteiger partial charge in [0.2, 0.25) is 0 Å². The number of esters is 2. The molecule has 0 rings (SSSR count). The van der Waals surface area contributed by atoms with Gasteiger partial charge in [0.25, 0.3) is 0 Å². The number of ether oxygens (including phenoxy) is 2. The average Bonchev–Trinajstić information content (AvgIpc) is 3.13. The zero-order valence-electron chi connectivity index (χ0n) is 34.5. The van der Waals surface area contributed by atoms with Crippen LogP contribution in [0.25, 0.3) is 0 Å². The molecule has 0 amide bonds. The highest BCUT2D eigenvalue weighted by atomic mass is 16.6. The lowest BCUT2D eigenvalue weighted by atomic mass is 9.85. The predicted octanol–water partition coefficient (Wildman–Crippen LogP) is 11.8. The van der Waals surface area contributed by atoms with E-state index in [1.807, 2.05) is 0 Å². The van der Waals surface area contributed by atoms with Crippen molar-refractivity contribution in [3.8, 4) is 0 Å². The quantitative estimate of drug-likeness (QED) is 0.0402. The van der Waals surface area contributed by atoms with Gasteiger partial charge in [0.05, 0.1) is 12.3 Å². The van der Waals surface area contributed by atoms with Crippen LogP contribution in [0, 0.1) is 11.8 Å². The van der Waals surface area contributed by atoms with Crippen molar-refractivity contribution in [3.63, 3.8) is 0 Å². The molecular weight excluding hydrogens is 688 g/mol. The molecule has 0 saturated carbocycles. The zero-order valence-corrected chi connectivity index (χ0v) is 34.5. The largest absolute Gasteiger partial charge is 0.481 e. The molecule has 316 valence electrons. The van der Waals surface area contributed by atoms with Gasteiger partial charge in [-0.25, -0.2) is 0 Å². The molecule has 0 aromatic heterocycles. The predicted molar refractivity (Wildman–Crippen MR) is 214 cm³/mol. The Balaban J connectivity index is 4.55. The van der Waals surface area contributed by atoms with E-state index >= 15 is 0 Å². The number of carboxylic acids is 3. The summed E-state index contributed by atoms with van der Waals surface area (Å²) in [5.41, 5.74) is 0. The Hall–Kier alpha value is -2.65. The Morgan fingerprint density at radius 3 is 1.04 bits per heavy atom. The number of rotatable bonds is 41. The fourth-order valence-electron chi connectivity index (χ4n) is 7.11. The van der Waals surface area contributed by atoms with Gasteiger partial charge in [-0.3, -0.25) is 24.0 Å². The van der Waals surface area contributed by atoms with Crippen molar-refractivity contribution >= 4 is 29.8 Å². The number of aliphatic carboxylic acids is 3. The first-order chi connectivity index (χ1) is 26.1. The van der Waals surface area contributed by atoms with E-state index in [4.69, 9.17) is 9.47 Å². The third-order valence-corrected chi connectivity index (χ3v) is 10.5. The average molecular weight is 769 g/mol. The Kier molecular flexibility index (Phi) is 35.5. The fourth-order valence-corrected chi connectivity index (χ4v) is 7.11. The van der Waals surface area contributed by atoms with Gasteiger partial charge in [-0.1, -0.05) is 194 Å². The molecule has 10 nitrogen and oxygen atoms in total. The van der Waals surface area contributed by atoms with E-state index in [0.29, 0.717) is 12.8 Å². The van der Waals surface area contributed by atoms with Crippen LogP contribution in [-0.4, -0.2) is 57.9 Å². The van der Waals surface area contributed by atoms with Gasteiger partial charge in [-0.05, 0) is 12.8 Å². The molecule has 3 atom stereocenters. The summed E-state index contributed by atoms with van der Waals surface area (Å²) in [6.45, 7) is 3.82. The molecule has 0 aromatic carbocycles. The molecule has 10 heteroatoms. The molecule has 3 unspecified atom stereocenters. The van der Waals surface area contributed by atoms with E-state index in [1.165, 1.54) is 135 Å². The summed E-state index contributed by atoms with van der Waals surface area (Å²) < 4.78 is 10.7. The van der Waals surface area contributed by atoms with Gasteiger partial charge in [0.1, 0.15) is 18.6 Å². The van der Waals surface area contributed by atoms with E-state index in [2.05, 4.69) is 13.8 Å². The minimum Gasteiger partial charge on any atom is -0.481 e. The first kappa shape index (κ1) is 51.4. The third kappa shape index (κ3) is 31.7. The number of carboxylic acid groups (broad SMARTS) is 3. The third-order valence-electron chi connectivity index (χ3n) is 10.5. The lowest BCUT2D eigenvalue weighted by Gasteiger charge is -2.27. The standard InChI is InChI=1S/C44H80O10/c1-3-5-7-9-11-13-15-17-19-21-23-25-27-29-31-33-40(47)53-36-38(42(44(51)52)37(43(49)50)35-39(45)46)54-41(48)34-32-30-28-26-24-22-20-18-16-14-12-10-8-6-4-2/h37-38,42H,3-36H2,1-2H3,(H,45,46)(H,49,50)(H,51,52). The Labute approximate surface area is 328 Å². The highest BCUT2D eigenvalue weighted by Crippen LogP contribution is 2.25. The van der Waals surface area contributed by atoms with Gasteiger partial charge in [-0.2, -0.15) is 0 Å². The van der Waals surface area contributed by atoms with Crippen molar-refractivity contribution in [2.24, 2.45) is 11.8 Å². The maximum Gasteiger partial charge on any atom is 0.311 e. The van der Waals surface area contributed by atoms with Crippen LogP contribution in [0.2, 0.25) is 0 Å².